The molecule has 0 radical (unpaired) electrons. The van der Waals surface area contributed by atoms with Crippen LogP contribution in [-0.4, -0.2) is 23.1 Å². The van der Waals surface area contributed by atoms with E-state index in [-0.39, 0.29) is 17.4 Å². The number of nitrogens with zero attached hydrogens (tertiary/aromatic N) is 2. The summed E-state index contributed by atoms with van der Waals surface area (Å²) in [5.41, 5.74) is 6.64. The van der Waals surface area contributed by atoms with Gasteiger partial charge in [0.05, 0.1) is 22.9 Å². The molecule has 0 saturated heterocycles. The fraction of sp³-hybridized carbons (Fsp3) is 0.308. The van der Waals surface area contributed by atoms with Crippen LogP contribution < -0.4 is 15.5 Å². The predicted molar refractivity (Wildman–Crippen MR) is 134 cm³/mol. The molecule has 2 aromatic carbocycles. The monoisotopic (exact) mass is 476 g/mol. The molecular weight excluding hydrogens is 448 g/mol. The van der Waals surface area contributed by atoms with Gasteiger partial charge in [0.1, 0.15) is 11.5 Å². The van der Waals surface area contributed by atoms with E-state index in [1.165, 1.54) is 12.1 Å². The van der Waals surface area contributed by atoms with Crippen molar-refractivity contribution in [3.8, 4) is 5.75 Å². The third kappa shape index (κ3) is 5.68. The van der Waals surface area contributed by atoms with Gasteiger partial charge >= 0.3 is 0 Å². The van der Waals surface area contributed by atoms with Gasteiger partial charge in [0.25, 0.3) is 11.6 Å². The van der Waals surface area contributed by atoms with Crippen molar-refractivity contribution in [2.75, 3.05) is 17.3 Å². The standard InChI is InChI=1S/C26H28N4O5/c1-3-4-16-34-21-14-10-18(11-15-21)27-26(31)25-17(2)24-22(6-5-7-23(24)35-25)29-28-19-8-12-20(13-9-19)30(32)33/h8-15,28H,3-7,16H2,1-2H3,(H,27,31)/b29-22+. The van der Waals surface area contributed by atoms with Gasteiger partial charge in [-0.15, -0.1) is 0 Å². The zero-order valence-corrected chi connectivity index (χ0v) is 19.8. The largest absolute Gasteiger partial charge is 0.494 e. The molecule has 0 saturated carbocycles. The molecule has 4 rings (SSSR count). The van der Waals surface area contributed by atoms with Crippen molar-refractivity contribution in [1.29, 1.82) is 0 Å². The highest BCUT2D eigenvalue weighted by molar-refractivity contribution is 6.09. The van der Waals surface area contributed by atoms with E-state index >= 15 is 0 Å². The van der Waals surface area contributed by atoms with E-state index in [0.717, 1.165) is 60.5 Å². The number of nitro groups is 1. The van der Waals surface area contributed by atoms with Crippen LogP contribution in [-0.2, 0) is 6.42 Å². The number of aryl methyl sites for hydroxylation is 1. The Hall–Kier alpha value is -4.14. The summed E-state index contributed by atoms with van der Waals surface area (Å²) in [6, 6.07) is 13.3. The molecule has 182 valence electrons. The number of hydrazone groups is 1. The van der Waals surface area contributed by atoms with Crippen LogP contribution in [0.4, 0.5) is 17.1 Å². The van der Waals surface area contributed by atoms with Crippen molar-refractivity contribution in [3.05, 3.63) is 81.3 Å². The molecule has 0 bridgehead atoms. The van der Waals surface area contributed by atoms with E-state index in [1.54, 1.807) is 24.3 Å². The molecule has 0 atom stereocenters. The van der Waals surface area contributed by atoms with Gasteiger partial charge in [-0.25, -0.2) is 0 Å². The van der Waals surface area contributed by atoms with Gasteiger partial charge in [0, 0.05) is 35.4 Å². The van der Waals surface area contributed by atoms with E-state index in [0.29, 0.717) is 18.0 Å². The molecule has 1 amide bonds. The minimum absolute atomic E-state index is 0.0168. The second-order valence-corrected chi connectivity index (χ2v) is 8.36. The van der Waals surface area contributed by atoms with Gasteiger partial charge in [-0.2, -0.15) is 5.10 Å². The van der Waals surface area contributed by atoms with Crippen LogP contribution in [0.25, 0.3) is 0 Å². The number of anilines is 2. The van der Waals surface area contributed by atoms with Gasteiger partial charge < -0.3 is 14.5 Å². The number of amides is 1. The Morgan fingerprint density at radius 2 is 1.83 bits per heavy atom. The summed E-state index contributed by atoms with van der Waals surface area (Å²) in [6.07, 6.45) is 4.37. The predicted octanol–water partition coefficient (Wildman–Crippen LogP) is 6.08. The summed E-state index contributed by atoms with van der Waals surface area (Å²) < 4.78 is 11.6. The van der Waals surface area contributed by atoms with Crippen LogP contribution >= 0.6 is 0 Å². The topological polar surface area (TPSA) is 119 Å². The molecule has 3 aromatic rings. The lowest BCUT2D eigenvalue weighted by molar-refractivity contribution is -0.384. The van der Waals surface area contributed by atoms with E-state index in [1.807, 2.05) is 19.1 Å². The molecule has 0 spiro atoms. The molecule has 1 aromatic heterocycles. The van der Waals surface area contributed by atoms with Crippen LogP contribution in [0.5, 0.6) is 5.75 Å². The van der Waals surface area contributed by atoms with Crippen molar-refractivity contribution in [2.45, 2.75) is 46.0 Å². The SMILES string of the molecule is CCCCOc1ccc(NC(=O)c2oc3c(c2C)/C(=N/Nc2ccc([N+](=O)[O-])cc2)CCC3)cc1. The molecule has 0 fully saturated rings. The highest BCUT2D eigenvalue weighted by Gasteiger charge is 2.28. The van der Waals surface area contributed by atoms with Gasteiger partial charge in [-0.1, -0.05) is 13.3 Å². The quantitative estimate of drug-likeness (QED) is 0.219. The Labute approximate surface area is 203 Å². The first-order valence-corrected chi connectivity index (χ1v) is 11.7. The van der Waals surface area contributed by atoms with Crippen LogP contribution in [0, 0.1) is 17.0 Å². The number of hydrogen-bond acceptors (Lipinski definition) is 7. The van der Waals surface area contributed by atoms with Crippen molar-refractivity contribution in [2.24, 2.45) is 5.10 Å². The third-order valence-corrected chi connectivity index (χ3v) is 5.81. The molecule has 35 heavy (non-hydrogen) atoms. The van der Waals surface area contributed by atoms with Gasteiger partial charge in [0.15, 0.2) is 5.76 Å². The maximum Gasteiger partial charge on any atom is 0.291 e. The van der Waals surface area contributed by atoms with Crippen molar-refractivity contribution in [1.82, 2.24) is 0 Å². The number of non-ortho nitro benzene ring substituents is 1. The number of furan rings is 1. The first kappa shape index (κ1) is 24.0. The van der Waals surface area contributed by atoms with Crippen LogP contribution in [0.3, 0.4) is 0 Å². The Balaban J connectivity index is 1.47. The van der Waals surface area contributed by atoms with Crippen LogP contribution in [0.2, 0.25) is 0 Å². The molecule has 0 unspecified atom stereocenters. The minimum Gasteiger partial charge on any atom is -0.494 e. The Bertz CT molecular complexity index is 1230. The van der Waals surface area contributed by atoms with Crippen molar-refractivity contribution in [3.63, 3.8) is 0 Å². The average molecular weight is 477 g/mol. The number of hydrogen-bond donors (Lipinski definition) is 2. The summed E-state index contributed by atoms with van der Waals surface area (Å²) in [7, 11) is 0. The average Bonchev–Trinajstić information content (AvgIpc) is 3.21. The summed E-state index contributed by atoms with van der Waals surface area (Å²) in [5.74, 6) is 1.45. The maximum absolute atomic E-state index is 13.0. The number of benzene rings is 2. The lowest BCUT2D eigenvalue weighted by atomic mass is 9.93. The number of fused-ring (bicyclic) bond motifs is 1. The summed E-state index contributed by atoms with van der Waals surface area (Å²) >= 11 is 0. The summed E-state index contributed by atoms with van der Waals surface area (Å²) in [4.78, 5) is 23.4. The van der Waals surface area contributed by atoms with Gasteiger partial charge in [-0.05, 0) is 62.6 Å². The summed E-state index contributed by atoms with van der Waals surface area (Å²) in [6.45, 7) is 4.64. The second-order valence-electron chi connectivity index (χ2n) is 8.36. The Morgan fingerprint density at radius 3 is 2.51 bits per heavy atom. The third-order valence-electron chi connectivity index (χ3n) is 5.81. The number of nitro benzene ring substituents is 1. The lowest BCUT2D eigenvalue weighted by Gasteiger charge is -2.13. The smallest absolute Gasteiger partial charge is 0.291 e. The van der Waals surface area contributed by atoms with Gasteiger partial charge in [-0.3, -0.25) is 20.3 Å². The molecule has 1 aliphatic rings. The van der Waals surface area contributed by atoms with Crippen LogP contribution in [0.15, 0.2) is 58.0 Å². The molecule has 0 aliphatic heterocycles. The van der Waals surface area contributed by atoms with E-state index < -0.39 is 4.92 Å². The maximum atomic E-state index is 13.0. The minimum atomic E-state index is -0.444. The van der Waals surface area contributed by atoms with Crippen molar-refractivity contribution < 1.29 is 18.9 Å². The number of rotatable bonds is 9. The van der Waals surface area contributed by atoms with E-state index in [9.17, 15) is 14.9 Å². The van der Waals surface area contributed by atoms with E-state index in [4.69, 9.17) is 9.15 Å². The molecular formula is C26H28N4O5. The second kappa shape index (κ2) is 10.9. The lowest BCUT2D eigenvalue weighted by Crippen LogP contribution is -2.14. The van der Waals surface area contributed by atoms with E-state index in [2.05, 4.69) is 22.8 Å². The summed E-state index contributed by atoms with van der Waals surface area (Å²) in [5, 5.41) is 18.2. The Kier molecular flexibility index (Phi) is 7.45. The highest BCUT2D eigenvalue weighted by Crippen LogP contribution is 2.31. The fourth-order valence-electron chi connectivity index (χ4n) is 3.94. The van der Waals surface area contributed by atoms with Crippen LogP contribution in [0.1, 0.15) is 60.0 Å². The fourth-order valence-corrected chi connectivity index (χ4v) is 3.94. The number of nitrogens with one attached hydrogen (secondary N) is 2. The molecule has 1 heterocycles. The number of carbonyl (C=O) groups excluding carboxylic acids is 1. The Morgan fingerprint density at radius 1 is 1.11 bits per heavy atom. The highest BCUT2D eigenvalue weighted by atomic mass is 16.6. The first-order valence-electron chi connectivity index (χ1n) is 11.7. The number of carbonyl (C=O) groups is 1. The molecule has 9 heteroatoms. The molecule has 9 nitrogen and oxygen atoms in total. The molecule has 2 N–H and O–H groups in total. The zero-order valence-electron chi connectivity index (χ0n) is 19.8. The van der Waals surface area contributed by atoms with Gasteiger partial charge in [0.2, 0.25) is 0 Å². The first-order chi connectivity index (χ1) is 17.0. The number of ether oxygens (including phenoxy) is 1. The van der Waals surface area contributed by atoms with Crippen molar-refractivity contribution >= 4 is 28.7 Å². The molecule has 1 aliphatic carbocycles. The zero-order chi connectivity index (χ0) is 24.8. The normalized spacial score (nSPS) is 13.8. The number of unbranched alkanes of at least 4 members (excludes halogenated alkanes) is 1.